The molecule has 1 heterocycles. The number of nitrogens with zero attached hydrogens (tertiary/aromatic N) is 2. The Morgan fingerprint density at radius 1 is 1.27 bits per heavy atom. The van der Waals surface area contributed by atoms with Gasteiger partial charge < -0.3 is 14.9 Å². The second kappa shape index (κ2) is 6.90. The standard InChI is InChI=1S/C19H13ClN2O4/c1-2-10-3-8-13-14(9-21)22-16(19(24)25)17(23)15(13)18(10)26-12-6-4-11(20)5-7-12/h3-8,23H,2H2,1H3,(H,24,25). The zero-order valence-corrected chi connectivity index (χ0v) is 14.4. The number of pyridine rings is 1. The number of aromatic hydroxyl groups is 1. The van der Waals surface area contributed by atoms with Gasteiger partial charge in [-0.2, -0.15) is 5.26 Å². The number of benzene rings is 2. The van der Waals surface area contributed by atoms with Gasteiger partial charge >= 0.3 is 5.97 Å². The SMILES string of the molecule is CCc1ccc2c(C#N)nc(C(=O)O)c(O)c2c1Oc1ccc(Cl)cc1. The summed E-state index contributed by atoms with van der Waals surface area (Å²) in [5.74, 6) is -1.22. The van der Waals surface area contributed by atoms with Crippen LogP contribution in [-0.4, -0.2) is 21.2 Å². The van der Waals surface area contributed by atoms with Crippen molar-refractivity contribution in [3.8, 4) is 23.3 Å². The van der Waals surface area contributed by atoms with E-state index in [0.717, 1.165) is 5.56 Å². The molecule has 0 fully saturated rings. The van der Waals surface area contributed by atoms with E-state index < -0.39 is 17.4 Å². The maximum atomic E-state index is 11.4. The average molecular weight is 369 g/mol. The van der Waals surface area contributed by atoms with Gasteiger partial charge in [0.2, 0.25) is 0 Å². The lowest BCUT2D eigenvalue weighted by molar-refractivity contribution is 0.0687. The van der Waals surface area contributed by atoms with Crippen molar-refractivity contribution in [1.29, 1.82) is 5.26 Å². The van der Waals surface area contributed by atoms with Crippen molar-refractivity contribution < 1.29 is 19.7 Å². The van der Waals surface area contributed by atoms with Crippen LogP contribution < -0.4 is 4.74 Å². The summed E-state index contributed by atoms with van der Waals surface area (Å²) in [5.41, 5.74) is 0.0521. The molecule has 0 aliphatic carbocycles. The molecule has 0 spiro atoms. The summed E-state index contributed by atoms with van der Waals surface area (Å²) in [7, 11) is 0. The molecule has 7 heteroatoms. The number of aromatic nitrogens is 1. The van der Waals surface area contributed by atoms with Crippen LogP contribution >= 0.6 is 11.6 Å². The number of halogens is 1. The number of carboxylic acid groups (broad SMARTS) is 1. The molecule has 6 nitrogen and oxygen atoms in total. The first-order valence-electron chi connectivity index (χ1n) is 7.71. The predicted octanol–water partition coefficient (Wildman–Crippen LogP) is 4.52. The quantitative estimate of drug-likeness (QED) is 0.701. The second-order valence-corrected chi connectivity index (χ2v) is 5.90. The lowest BCUT2D eigenvalue weighted by Crippen LogP contribution is -2.04. The van der Waals surface area contributed by atoms with Crippen LogP contribution in [0.5, 0.6) is 17.2 Å². The third kappa shape index (κ3) is 3.01. The van der Waals surface area contributed by atoms with Crippen LogP contribution in [0, 0.1) is 11.3 Å². The van der Waals surface area contributed by atoms with Crippen molar-refractivity contribution >= 4 is 28.3 Å². The molecule has 0 atom stereocenters. The number of hydrogen-bond acceptors (Lipinski definition) is 5. The maximum Gasteiger partial charge on any atom is 0.358 e. The van der Waals surface area contributed by atoms with E-state index >= 15 is 0 Å². The number of hydrogen-bond donors (Lipinski definition) is 2. The second-order valence-electron chi connectivity index (χ2n) is 5.46. The fourth-order valence-corrected chi connectivity index (χ4v) is 2.78. The van der Waals surface area contributed by atoms with Gasteiger partial charge in [-0.15, -0.1) is 0 Å². The Morgan fingerprint density at radius 3 is 2.54 bits per heavy atom. The molecule has 1 aromatic heterocycles. The van der Waals surface area contributed by atoms with Crippen molar-refractivity contribution in [2.24, 2.45) is 0 Å². The summed E-state index contributed by atoms with van der Waals surface area (Å²) in [6.07, 6.45) is 0.574. The molecule has 0 amide bonds. The lowest BCUT2D eigenvalue weighted by Gasteiger charge is -2.15. The van der Waals surface area contributed by atoms with Gasteiger partial charge in [-0.3, -0.25) is 0 Å². The molecular formula is C19H13ClN2O4. The number of nitriles is 1. The summed E-state index contributed by atoms with van der Waals surface area (Å²) in [6, 6.07) is 11.9. The van der Waals surface area contributed by atoms with Crippen LogP contribution in [0.3, 0.4) is 0 Å². The minimum absolute atomic E-state index is 0.0983. The molecule has 0 bridgehead atoms. The molecular weight excluding hydrogens is 356 g/mol. The van der Waals surface area contributed by atoms with E-state index in [-0.39, 0.29) is 16.8 Å². The number of carbonyl (C=O) groups is 1. The largest absolute Gasteiger partial charge is 0.505 e. The summed E-state index contributed by atoms with van der Waals surface area (Å²) in [4.78, 5) is 15.2. The Bertz CT molecular complexity index is 1060. The number of aryl methyl sites for hydroxylation is 1. The van der Waals surface area contributed by atoms with E-state index in [1.165, 1.54) is 0 Å². The van der Waals surface area contributed by atoms with Gasteiger partial charge in [0.15, 0.2) is 11.4 Å². The Kier molecular flexibility index (Phi) is 4.65. The van der Waals surface area contributed by atoms with Gasteiger partial charge in [0.05, 0.1) is 5.39 Å². The van der Waals surface area contributed by atoms with Crippen molar-refractivity contribution in [2.75, 3.05) is 0 Å². The molecule has 26 heavy (non-hydrogen) atoms. The lowest BCUT2D eigenvalue weighted by atomic mass is 10.0. The highest BCUT2D eigenvalue weighted by Gasteiger charge is 2.23. The fourth-order valence-electron chi connectivity index (χ4n) is 2.65. The fraction of sp³-hybridized carbons (Fsp3) is 0.105. The van der Waals surface area contributed by atoms with E-state index in [9.17, 15) is 20.3 Å². The normalized spacial score (nSPS) is 10.5. The predicted molar refractivity (Wildman–Crippen MR) is 96.0 cm³/mol. The van der Waals surface area contributed by atoms with E-state index in [4.69, 9.17) is 16.3 Å². The number of rotatable bonds is 4. The molecule has 130 valence electrons. The highest BCUT2D eigenvalue weighted by molar-refractivity contribution is 6.30. The van der Waals surface area contributed by atoms with Crippen LogP contribution in [0.15, 0.2) is 36.4 Å². The van der Waals surface area contributed by atoms with Crippen LogP contribution in [-0.2, 0) is 6.42 Å². The Hall–Kier alpha value is -3.30. The van der Waals surface area contributed by atoms with E-state index in [1.807, 2.05) is 13.0 Å². The maximum absolute atomic E-state index is 11.4. The van der Waals surface area contributed by atoms with Crippen molar-refractivity contribution in [1.82, 2.24) is 4.98 Å². The number of carboxylic acids is 1. The van der Waals surface area contributed by atoms with Gasteiger partial charge in [-0.25, -0.2) is 9.78 Å². The van der Waals surface area contributed by atoms with Crippen molar-refractivity contribution in [3.05, 3.63) is 58.4 Å². The molecule has 0 radical (unpaired) electrons. The van der Waals surface area contributed by atoms with Gasteiger partial charge in [-0.05, 0) is 36.2 Å². The highest BCUT2D eigenvalue weighted by atomic mass is 35.5. The molecule has 0 aliphatic heterocycles. The highest BCUT2D eigenvalue weighted by Crippen LogP contribution is 2.41. The van der Waals surface area contributed by atoms with Gasteiger partial charge in [-0.1, -0.05) is 30.7 Å². The summed E-state index contributed by atoms with van der Waals surface area (Å²) in [6.45, 7) is 1.90. The third-order valence-electron chi connectivity index (χ3n) is 3.90. The van der Waals surface area contributed by atoms with Crippen LogP contribution in [0.1, 0.15) is 28.7 Å². The molecule has 3 aromatic rings. The van der Waals surface area contributed by atoms with Crippen LogP contribution in [0.25, 0.3) is 10.8 Å². The van der Waals surface area contributed by atoms with E-state index in [0.29, 0.717) is 22.6 Å². The number of ether oxygens (including phenoxy) is 1. The molecule has 2 aromatic carbocycles. The van der Waals surface area contributed by atoms with Gasteiger partial charge in [0.1, 0.15) is 23.3 Å². The smallest absolute Gasteiger partial charge is 0.358 e. The molecule has 0 aliphatic rings. The first kappa shape index (κ1) is 17.5. The van der Waals surface area contributed by atoms with Crippen molar-refractivity contribution in [2.45, 2.75) is 13.3 Å². The summed E-state index contributed by atoms with van der Waals surface area (Å²) < 4.78 is 5.93. The van der Waals surface area contributed by atoms with E-state index in [1.54, 1.807) is 36.4 Å². The van der Waals surface area contributed by atoms with Crippen LogP contribution in [0.2, 0.25) is 5.02 Å². The van der Waals surface area contributed by atoms with Crippen LogP contribution in [0.4, 0.5) is 0 Å². The first-order valence-corrected chi connectivity index (χ1v) is 8.09. The Balaban J connectivity index is 2.34. The summed E-state index contributed by atoms with van der Waals surface area (Å²) >= 11 is 5.88. The number of aromatic carboxylic acids is 1. The zero-order chi connectivity index (χ0) is 18.8. The first-order chi connectivity index (χ1) is 12.5. The summed E-state index contributed by atoms with van der Waals surface area (Å²) in [5, 5.41) is 30.1. The molecule has 0 unspecified atom stereocenters. The number of fused-ring (bicyclic) bond motifs is 1. The third-order valence-corrected chi connectivity index (χ3v) is 4.15. The monoisotopic (exact) mass is 368 g/mol. The average Bonchev–Trinajstić information content (AvgIpc) is 2.63. The molecule has 3 rings (SSSR count). The Labute approximate surface area is 153 Å². The molecule has 2 N–H and O–H groups in total. The zero-order valence-electron chi connectivity index (χ0n) is 13.7. The molecule has 0 saturated heterocycles. The van der Waals surface area contributed by atoms with Gasteiger partial charge in [0.25, 0.3) is 0 Å². The van der Waals surface area contributed by atoms with Gasteiger partial charge in [0, 0.05) is 10.4 Å². The minimum Gasteiger partial charge on any atom is -0.505 e. The van der Waals surface area contributed by atoms with E-state index in [2.05, 4.69) is 4.98 Å². The Morgan fingerprint density at radius 2 is 1.96 bits per heavy atom. The topological polar surface area (TPSA) is 103 Å². The molecule has 0 saturated carbocycles. The van der Waals surface area contributed by atoms with Crippen molar-refractivity contribution in [3.63, 3.8) is 0 Å². The minimum atomic E-state index is -1.43.